The maximum Gasteiger partial charge on any atom is 0.416 e. The van der Waals surface area contributed by atoms with E-state index >= 15 is 4.79 Å². The molecule has 2 aromatic rings. The molecule has 2 bridgehead atoms. The molecule has 3 unspecified atom stereocenters. The number of rotatable bonds is 9. The van der Waals surface area contributed by atoms with Crippen LogP contribution < -0.4 is 5.32 Å². The molecule has 10 rings (SSSR count). The molecule has 3 saturated heterocycles. The van der Waals surface area contributed by atoms with Gasteiger partial charge in [-0.2, -0.15) is 13.2 Å². The highest BCUT2D eigenvalue weighted by Crippen LogP contribution is 2.71. The van der Waals surface area contributed by atoms with E-state index in [1.165, 1.54) is 33.3 Å². The third kappa shape index (κ3) is 6.93. The molecule has 1 spiro atoms. The SMILES string of the molecule is CC[C@]1(O)C[C@H]2CN(CCC3=C(Cc4ccc(Nc5ccc(C(F)(F)F)cc5)cc43)[C@@](C(=O)OC)(C3C=C4C(=CC3OC)N(C)[C@H]3[C@@](O)(C(=O)OC)[C@H](OC(C)=O)[C@]5(CC)C=CCN6CC[C@]43[C@@H]65)C2)C1. The average Bonchev–Trinajstić information content (AvgIpc) is 4.00. The lowest BCUT2D eigenvalue weighted by Gasteiger charge is -2.63. The first kappa shape index (κ1) is 48.6. The summed E-state index contributed by atoms with van der Waals surface area (Å²) in [5.41, 5.74) is -0.869. The van der Waals surface area contributed by atoms with Crippen LogP contribution in [0.3, 0.4) is 0 Å². The Morgan fingerprint density at radius 2 is 1.64 bits per heavy atom. The third-order valence-corrected chi connectivity index (χ3v) is 18.0. The van der Waals surface area contributed by atoms with Gasteiger partial charge in [-0.05, 0) is 128 Å². The molecule has 3 N–H and O–H groups in total. The summed E-state index contributed by atoms with van der Waals surface area (Å²) >= 11 is 0. The van der Waals surface area contributed by atoms with E-state index in [2.05, 4.69) is 21.2 Å². The first-order chi connectivity index (χ1) is 33.3. The molecule has 1 saturated carbocycles. The third-order valence-electron chi connectivity index (χ3n) is 18.0. The van der Waals surface area contributed by atoms with Crippen molar-refractivity contribution in [1.82, 2.24) is 14.7 Å². The van der Waals surface area contributed by atoms with E-state index in [0.29, 0.717) is 89.0 Å². The number of likely N-dealkylation sites (N-methyl/N-ethyl adjacent to an activating group) is 1. The Labute approximate surface area is 407 Å². The van der Waals surface area contributed by atoms with E-state index in [9.17, 15) is 33.0 Å². The zero-order valence-corrected chi connectivity index (χ0v) is 41.0. The van der Waals surface area contributed by atoms with E-state index in [1.807, 2.05) is 62.2 Å². The minimum absolute atomic E-state index is 0.148. The largest absolute Gasteiger partial charge is 0.468 e. The minimum Gasteiger partial charge on any atom is -0.468 e. The molecule has 16 heteroatoms. The smallest absolute Gasteiger partial charge is 0.416 e. The molecule has 0 radical (unpaired) electrons. The average molecular weight is 971 g/mol. The maximum absolute atomic E-state index is 15.7. The van der Waals surface area contributed by atoms with Gasteiger partial charge in [0.2, 0.25) is 5.60 Å². The summed E-state index contributed by atoms with van der Waals surface area (Å²) < 4.78 is 64.8. The highest BCUT2D eigenvalue weighted by molar-refractivity contribution is 5.91. The van der Waals surface area contributed by atoms with Gasteiger partial charge in [0.1, 0.15) is 0 Å². The molecule has 3 aliphatic carbocycles. The molecule has 5 heterocycles. The van der Waals surface area contributed by atoms with Gasteiger partial charge in [0.05, 0.1) is 42.9 Å². The molecule has 0 amide bonds. The molecule has 0 aromatic heterocycles. The molecule has 13 nitrogen and oxygen atoms in total. The van der Waals surface area contributed by atoms with Crippen LogP contribution >= 0.6 is 0 Å². The zero-order valence-electron chi connectivity index (χ0n) is 41.0. The number of hydrogen-bond acceptors (Lipinski definition) is 13. The van der Waals surface area contributed by atoms with E-state index < -0.39 is 81.3 Å². The predicted octanol–water partition coefficient (Wildman–Crippen LogP) is 6.82. The number of likely N-dealkylation sites (tertiary alicyclic amines) is 1. The van der Waals surface area contributed by atoms with Crippen LogP contribution in [0.25, 0.3) is 5.57 Å². The lowest BCUT2D eigenvalue weighted by Crippen LogP contribution is -2.79. The van der Waals surface area contributed by atoms with E-state index in [-0.39, 0.29) is 12.0 Å². The molecule has 8 aliphatic rings. The van der Waals surface area contributed by atoms with Crippen molar-refractivity contribution in [3.63, 3.8) is 0 Å². The van der Waals surface area contributed by atoms with Crippen molar-refractivity contribution in [3.8, 4) is 0 Å². The number of aliphatic hydroxyl groups is 2. The Hall–Kier alpha value is -5.00. The van der Waals surface area contributed by atoms with Crippen molar-refractivity contribution in [2.24, 2.45) is 28.1 Å². The first-order valence-electron chi connectivity index (χ1n) is 24.7. The number of methoxy groups -OCH3 is 3. The molecule has 5 aliphatic heterocycles. The van der Waals surface area contributed by atoms with Crippen molar-refractivity contribution < 1.29 is 56.7 Å². The van der Waals surface area contributed by atoms with Crippen molar-refractivity contribution in [3.05, 3.63) is 100 Å². The number of halogens is 3. The molecule has 4 fully saturated rings. The van der Waals surface area contributed by atoms with Crippen molar-refractivity contribution in [2.45, 2.75) is 107 Å². The summed E-state index contributed by atoms with van der Waals surface area (Å²) in [6.45, 7) is 8.25. The second-order valence-electron chi connectivity index (χ2n) is 21.2. The van der Waals surface area contributed by atoms with Crippen LogP contribution in [0.1, 0.15) is 76.0 Å². The molecule has 12 atom stereocenters. The number of carbonyl (C=O) groups excluding carboxylic acids is 3. The number of anilines is 2. The molecular weight excluding hydrogens is 906 g/mol. The van der Waals surface area contributed by atoms with Gasteiger partial charge in [0.25, 0.3) is 0 Å². The van der Waals surface area contributed by atoms with Gasteiger partial charge in [0, 0.05) is 87.1 Å². The Morgan fingerprint density at radius 1 is 0.914 bits per heavy atom. The van der Waals surface area contributed by atoms with Gasteiger partial charge in [-0.1, -0.05) is 38.1 Å². The molecule has 70 heavy (non-hydrogen) atoms. The van der Waals surface area contributed by atoms with Gasteiger partial charge in [0.15, 0.2) is 6.10 Å². The van der Waals surface area contributed by atoms with Crippen LogP contribution in [0.2, 0.25) is 0 Å². The topological polar surface area (TPSA) is 150 Å². The van der Waals surface area contributed by atoms with Crippen molar-refractivity contribution >= 4 is 34.9 Å². The number of carbonyl (C=O) groups is 3. The highest BCUT2D eigenvalue weighted by Gasteiger charge is 2.81. The Bertz CT molecular complexity index is 2610. The fourth-order valence-electron chi connectivity index (χ4n) is 15.4. The Balaban J connectivity index is 1.19. The van der Waals surface area contributed by atoms with Gasteiger partial charge >= 0.3 is 24.1 Å². The fraction of sp³-hybridized carbons (Fsp3) is 0.574. The number of allylic oxidation sites excluding steroid dienone is 1. The maximum atomic E-state index is 15.7. The van der Waals surface area contributed by atoms with E-state index in [4.69, 9.17) is 18.9 Å². The molecule has 2 aromatic carbocycles. The van der Waals surface area contributed by atoms with Crippen LogP contribution in [0.5, 0.6) is 0 Å². The number of esters is 3. The van der Waals surface area contributed by atoms with Crippen LogP contribution in [0.4, 0.5) is 24.5 Å². The van der Waals surface area contributed by atoms with Gasteiger partial charge in [-0.25, -0.2) is 4.79 Å². The van der Waals surface area contributed by atoms with Gasteiger partial charge in [-0.15, -0.1) is 0 Å². The quantitative estimate of drug-likeness (QED) is 0.137. The first-order valence-corrected chi connectivity index (χ1v) is 24.7. The summed E-state index contributed by atoms with van der Waals surface area (Å²) in [5, 5.41) is 28.9. The van der Waals surface area contributed by atoms with E-state index in [0.717, 1.165) is 45.7 Å². The Kier molecular flexibility index (Phi) is 11.9. The van der Waals surface area contributed by atoms with Gasteiger partial charge in [-0.3, -0.25) is 19.4 Å². The number of piperidine rings is 1. The van der Waals surface area contributed by atoms with Crippen molar-refractivity contribution in [2.75, 3.05) is 66.4 Å². The highest BCUT2D eigenvalue weighted by atomic mass is 19.4. The zero-order chi connectivity index (χ0) is 49.9. The van der Waals surface area contributed by atoms with Crippen LogP contribution in [-0.4, -0.2) is 139 Å². The predicted molar refractivity (Wildman–Crippen MR) is 254 cm³/mol. The summed E-state index contributed by atoms with van der Waals surface area (Å²) in [4.78, 5) is 50.0. The summed E-state index contributed by atoms with van der Waals surface area (Å²) in [6.07, 6.45) is 5.02. The van der Waals surface area contributed by atoms with Crippen molar-refractivity contribution in [1.29, 1.82) is 0 Å². The fourth-order valence-corrected chi connectivity index (χ4v) is 15.4. The monoisotopic (exact) mass is 970 g/mol. The standard InChI is InChI=1S/C54H65F3N4O9/c1-8-49(65)27-32-28-52(47(63)68-6,39-23-33-11-14-36(24-38(33)37(39)17-21-60(29-32)30-49)58-35-15-12-34(13-16-35)54(55,56)57)41-25-40-42(26-43(41)67-5)59(4)45-51(40)19-22-61-20-10-18-50(9-2,44(51)61)46(70-31(3)62)53(45,66)48(64)69-7/h10-16,18,24-26,32,41,43-46,58,65-66H,8-9,17,19-23,27-30H2,1-7H3/t32-,41?,43?,44+,45-,46-,49+,50-,51-,52-,53+/m1/s1. The number of nitrogens with one attached hydrogen (secondary N) is 1. The second kappa shape index (κ2) is 17.1. The number of alkyl halides is 3. The summed E-state index contributed by atoms with van der Waals surface area (Å²) in [7, 11) is 6.13. The lowest BCUT2D eigenvalue weighted by molar-refractivity contribution is -0.243. The van der Waals surface area contributed by atoms with E-state index in [1.54, 1.807) is 7.11 Å². The molecular formula is C54H65F3N4O9. The van der Waals surface area contributed by atoms with Crippen LogP contribution in [-0.2, 0) is 45.9 Å². The summed E-state index contributed by atoms with van der Waals surface area (Å²) in [6, 6.07) is 9.55. The Morgan fingerprint density at radius 3 is 2.30 bits per heavy atom. The summed E-state index contributed by atoms with van der Waals surface area (Å²) in [5.74, 6) is -2.81. The second-order valence-corrected chi connectivity index (χ2v) is 21.2. The number of ether oxygens (including phenoxy) is 4. The minimum atomic E-state index is -4.47. The van der Waals surface area contributed by atoms with Crippen LogP contribution in [0, 0.1) is 28.1 Å². The number of nitrogens with zero attached hydrogens (tertiary/aromatic N) is 3. The number of benzene rings is 2. The van der Waals surface area contributed by atoms with Crippen LogP contribution in [0.15, 0.2) is 83.6 Å². The molecule has 376 valence electrons. The number of hydrogen-bond donors (Lipinski definition) is 3. The number of fused-ring (bicyclic) bond motifs is 5. The lowest BCUT2D eigenvalue weighted by atomic mass is 9.47. The van der Waals surface area contributed by atoms with Gasteiger partial charge < -0.3 is 39.4 Å². The normalized spacial score (nSPS) is 37.3.